The lowest BCUT2D eigenvalue weighted by Gasteiger charge is -2.10. The number of aromatic carboxylic acids is 1. The summed E-state index contributed by atoms with van der Waals surface area (Å²) in [5.41, 5.74) is 0.485. The number of Topliss-reactive ketones (excluding diaryl/α,β-unsaturated/α-hetero) is 1. The fourth-order valence-electron chi connectivity index (χ4n) is 1.42. The highest BCUT2D eigenvalue weighted by Gasteiger charge is 2.13. The Labute approximate surface area is 105 Å². The van der Waals surface area contributed by atoms with Crippen LogP contribution in [-0.2, 0) is 4.74 Å². The highest BCUT2D eigenvalue weighted by molar-refractivity contribution is 5.97. The molecule has 0 amide bonds. The van der Waals surface area contributed by atoms with Gasteiger partial charge < -0.3 is 14.6 Å². The topological polar surface area (TPSA) is 72.8 Å². The summed E-state index contributed by atoms with van der Waals surface area (Å²) < 4.78 is 10.2. The normalized spacial score (nSPS) is 10.1. The first kappa shape index (κ1) is 14.2. The molecule has 1 rings (SSSR count). The summed E-state index contributed by atoms with van der Waals surface area (Å²) in [5.74, 6) is -0.994. The molecule has 0 unspecified atom stereocenters. The van der Waals surface area contributed by atoms with E-state index in [0.717, 1.165) is 0 Å². The number of methoxy groups -OCH3 is 1. The molecule has 1 aromatic rings. The molecule has 1 N–H and O–H groups in total. The van der Waals surface area contributed by atoms with Gasteiger partial charge in [0, 0.05) is 25.7 Å². The van der Waals surface area contributed by atoms with Crippen molar-refractivity contribution in [2.24, 2.45) is 0 Å². The Morgan fingerprint density at radius 1 is 1.28 bits per heavy atom. The van der Waals surface area contributed by atoms with E-state index >= 15 is 0 Å². The van der Waals surface area contributed by atoms with Crippen molar-refractivity contribution in [2.45, 2.75) is 13.3 Å². The van der Waals surface area contributed by atoms with E-state index in [1.165, 1.54) is 25.1 Å². The highest BCUT2D eigenvalue weighted by atomic mass is 16.5. The monoisotopic (exact) mass is 252 g/mol. The van der Waals surface area contributed by atoms with Crippen molar-refractivity contribution in [3.8, 4) is 5.75 Å². The molecular weight excluding hydrogens is 236 g/mol. The Morgan fingerprint density at radius 2 is 2.00 bits per heavy atom. The van der Waals surface area contributed by atoms with E-state index in [1.54, 1.807) is 7.11 Å². The standard InChI is InChI=1S/C13H16O5/c1-9(14)10-4-5-11(13(15)16)12(8-10)18-7-3-6-17-2/h4-5,8H,3,6-7H2,1-2H3,(H,15,16). The molecule has 0 atom stereocenters. The van der Waals surface area contributed by atoms with Crippen molar-refractivity contribution in [1.29, 1.82) is 0 Å². The van der Waals surface area contributed by atoms with Crippen LogP contribution in [0.1, 0.15) is 34.1 Å². The zero-order valence-corrected chi connectivity index (χ0v) is 10.4. The van der Waals surface area contributed by atoms with E-state index in [4.69, 9.17) is 14.6 Å². The number of rotatable bonds is 7. The van der Waals surface area contributed by atoms with Gasteiger partial charge >= 0.3 is 5.97 Å². The van der Waals surface area contributed by atoms with Gasteiger partial charge in [-0.1, -0.05) is 6.07 Å². The minimum absolute atomic E-state index is 0.0532. The number of hydrogen-bond donors (Lipinski definition) is 1. The second kappa shape index (κ2) is 6.76. The van der Waals surface area contributed by atoms with Gasteiger partial charge in [-0.2, -0.15) is 0 Å². The molecule has 0 aliphatic carbocycles. The van der Waals surface area contributed by atoms with Crippen LogP contribution < -0.4 is 4.74 Å². The molecule has 5 heteroatoms. The number of ketones is 1. The number of hydrogen-bond acceptors (Lipinski definition) is 4. The number of carbonyl (C=O) groups excluding carboxylic acids is 1. The summed E-state index contributed by atoms with van der Waals surface area (Å²) in [4.78, 5) is 22.2. The maximum Gasteiger partial charge on any atom is 0.339 e. The second-order valence-electron chi connectivity index (χ2n) is 3.77. The Morgan fingerprint density at radius 3 is 2.56 bits per heavy atom. The van der Waals surface area contributed by atoms with E-state index in [-0.39, 0.29) is 17.1 Å². The fraction of sp³-hybridized carbons (Fsp3) is 0.385. The zero-order chi connectivity index (χ0) is 13.5. The lowest BCUT2D eigenvalue weighted by atomic mass is 10.1. The minimum atomic E-state index is -1.08. The van der Waals surface area contributed by atoms with Crippen LogP contribution in [0.2, 0.25) is 0 Å². The van der Waals surface area contributed by atoms with Crippen LogP contribution in [0.3, 0.4) is 0 Å². The van der Waals surface area contributed by atoms with Gasteiger partial charge in [0.25, 0.3) is 0 Å². The predicted octanol–water partition coefficient (Wildman–Crippen LogP) is 2.00. The molecule has 98 valence electrons. The molecule has 0 aliphatic rings. The largest absolute Gasteiger partial charge is 0.493 e. The second-order valence-corrected chi connectivity index (χ2v) is 3.77. The van der Waals surface area contributed by atoms with Crippen molar-refractivity contribution < 1.29 is 24.2 Å². The van der Waals surface area contributed by atoms with Gasteiger partial charge in [0.15, 0.2) is 5.78 Å². The summed E-state index contributed by atoms with van der Waals surface area (Å²) in [6.07, 6.45) is 0.653. The summed E-state index contributed by atoms with van der Waals surface area (Å²) in [7, 11) is 1.58. The zero-order valence-electron chi connectivity index (χ0n) is 10.4. The Bertz CT molecular complexity index is 439. The van der Waals surface area contributed by atoms with Crippen LogP contribution in [0.5, 0.6) is 5.75 Å². The van der Waals surface area contributed by atoms with Crippen LogP contribution in [0, 0.1) is 0 Å². The predicted molar refractivity (Wildman–Crippen MR) is 65.4 cm³/mol. The van der Waals surface area contributed by atoms with Gasteiger partial charge in [-0.05, 0) is 19.1 Å². The molecule has 0 aliphatic heterocycles. The summed E-state index contributed by atoms with van der Waals surface area (Å²) in [6, 6.07) is 4.32. The molecule has 18 heavy (non-hydrogen) atoms. The van der Waals surface area contributed by atoms with Crippen LogP contribution in [-0.4, -0.2) is 37.2 Å². The van der Waals surface area contributed by atoms with E-state index in [9.17, 15) is 9.59 Å². The number of benzene rings is 1. The van der Waals surface area contributed by atoms with Gasteiger partial charge in [-0.3, -0.25) is 4.79 Å². The van der Waals surface area contributed by atoms with Crippen LogP contribution in [0.4, 0.5) is 0 Å². The first-order chi connectivity index (χ1) is 8.56. The quantitative estimate of drug-likeness (QED) is 0.593. The maximum atomic E-state index is 11.2. The van der Waals surface area contributed by atoms with Crippen LogP contribution in [0.25, 0.3) is 0 Å². The van der Waals surface area contributed by atoms with Gasteiger partial charge in [-0.15, -0.1) is 0 Å². The number of carboxylic acid groups (broad SMARTS) is 1. The fourth-order valence-corrected chi connectivity index (χ4v) is 1.42. The van der Waals surface area contributed by atoms with Crippen molar-refractivity contribution in [3.05, 3.63) is 29.3 Å². The number of carbonyl (C=O) groups is 2. The molecule has 0 radical (unpaired) electrons. The number of ether oxygens (including phenoxy) is 2. The average Bonchev–Trinajstić information content (AvgIpc) is 2.34. The minimum Gasteiger partial charge on any atom is -0.493 e. The molecule has 0 spiro atoms. The van der Waals surface area contributed by atoms with Crippen molar-refractivity contribution in [1.82, 2.24) is 0 Å². The van der Waals surface area contributed by atoms with E-state index < -0.39 is 5.97 Å². The first-order valence-corrected chi connectivity index (χ1v) is 5.56. The van der Waals surface area contributed by atoms with Crippen molar-refractivity contribution in [3.63, 3.8) is 0 Å². The third kappa shape index (κ3) is 3.85. The lowest BCUT2D eigenvalue weighted by Crippen LogP contribution is -2.07. The molecule has 5 nitrogen and oxygen atoms in total. The SMILES string of the molecule is COCCCOc1cc(C(C)=O)ccc1C(=O)O. The van der Waals surface area contributed by atoms with Crippen LogP contribution in [0.15, 0.2) is 18.2 Å². The van der Waals surface area contributed by atoms with Crippen molar-refractivity contribution >= 4 is 11.8 Å². The molecule has 0 heterocycles. The average molecular weight is 252 g/mol. The molecule has 0 aromatic heterocycles. The summed E-state index contributed by atoms with van der Waals surface area (Å²) >= 11 is 0. The van der Waals surface area contributed by atoms with Gasteiger partial charge in [0.05, 0.1) is 6.61 Å². The van der Waals surface area contributed by atoms with Gasteiger partial charge in [0.2, 0.25) is 0 Å². The summed E-state index contributed by atoms with van der Waals surface area (Å²) in [6.45, 7) is 2.30. The first-order valence-electron chi connectivity index (χ1n) is 5.56. The lowest BCUT2D eigenvalue weighted by molar-refractivity contribution is 0.0691. The third-order valence-corrected chi connectivity index (χ3v) is 2.37. The molecule has 1 aromatic carbocycles. The molecule has 0 saturated heterocycles. The van der Waals surface area contributed by atoms with E-state index in [0.29, 0.717) is 25.2 Å². The summed E-state index contributed by atoms with van der Waals surface area (Å²) in [5, 5.41) is 9.01. The van der Waals surface area contributed by atoms with E-state index in [2.05, 4.69) is 0 Å². The molecule has 0 bridgehead atoms. The van der Waals surface area contributed by atoms with E-state index in [1.807, 2.05) is 0 Å². The molecular formula is C13H16O5. The van der Waals surface area contributed by atoms with Crippen molar-refractivity contribution in [2.75, 3.05) is 20.3 Å². The van der Waals surface area contributed by atoms with Gasteiger partial charge in [-0.25, -0.2) is 4.79 Å². The van der Waals surface area contributed by atoms with Crippen LogP contribution >= 0.6 is 0 Å². The molecule has 0 saturated carbocycles. The highest BCUT2D eigenvalue weighted by Crippen LogP contribution is 2.21. The Balaban J connectivity index is 2.86. The third-order valence-electron chi connectivity index (χ3n) is 2.37. The Hall–Kier alpha value is -1.88. The van der Waals surface area contributed by atoms with Gasteiger partial charge in [0.1, 0.15) is 11.3 Å². The maximum absolute atomic E-state index is 11.2. The number of carboxylic acids is 1. The molecule has 0 fully saturated rings. The Kier molecular flexibility index (Phi) is 5.32. The smallest absolute Gasteiger partial charge is 0.339 e.